The van der Waals surface area contributed by atoms with Crippen molar-refractivity contribution in [2.45, 2.75) is 12.8 Å². The number of carbonyl (C=O) groups is 1. The summed E-state index contributed by atoms with van der Waals surface area (Å²) in [5.74, 6) is 1.69. The van der Waals surface area contributed by atoms with Crippen LogP contribution in [0.4, 0.5) is 5.69 Å². The fourth-order valence-electron chi connectivity index (χ4n) is 2.88. The van der Waals surface area contributed by atoms with Crippen LogP contribution in [-0.4, -0.2) is 26.1 Å². The molecule has 0 aliphatic heterocycles. The lowest BCUT2D eigenvalue weighted by atomic mass is 10.1. The van der Waals surface area contributed by atoms with Crippen molar-refractivity contribution in [3.05, 3.63) is 84.4 Å². The van der Waals surface area contributed by atoms with Gasteiger partial charge in [0.05, 0.1) is 12.7 Å². The van der Waals surface area contributed by atoms with Gasteiger partial charge in [-0.25, -0.2) is 0 Å². The fraction of sp³-hybridized carbons (Fsp3) is 0.208. The summed E-state index contributed by atoms with van der Waals surface area (Å²) >= 11 is 0. The van der Waals surface area contributed by atoms with Crippen LogP contribution in [-0.2, 0) is 0 Å². The first-order valence-corrected chi connectivity index (χ1v) is 9.74. The molecule has 0 saturated carbocycles. The van der Waals surface area contributed by atoms with Gasteiger partial charge in [0.25, 0.3) is 5.91 Å². The molecule has 0 aliphatic rings. The zero-order chi connectivity index (χ0) is 20.3. The van der Waals surface area contributed by atoms with Gasteiger partial charge in [-0.05, 0) is 49.2 Å². The Morgan fingerprint density at radius 3 is 2.24 bits per heavy atom. The highest BCUT2D eigenvalue weighted by molar-refractivity contribution is 5.97. The minimum atomic E-state index is -0.149. The summed E-state index contributed by atoms with van der Waals surface area (Å²) in [4.78, 5) is 12.5. The third kappa shape index (κ3) is 6.28. The Morgan fingerprint density at radius 1 is 0.828 bits per heavy atom. The van der Waals surface area contributed by atoms with Crippen molar-refractivity contribution in [2.24, 2.45) is 0 Å². The van der Waals surface area contributed by atoms with Crippen LogP contribution in [0.1, 0.15) is 23.2 Å². The Hall–Kier alpha value is -3.47. The van der Waals surface area contributed by atoms with Gasteiger partial charge in [0.2, 0.25) is 0 Å². The van der Waals surface area contributed by atoms with Crippen molar-refractivity contribution >= 4 is 11.6 Å². The smallest absolute Gasteiger partial charge is 0.255 e. The van der Waals surface area contributed by atoms with Gasteiger partial charge in [0.15, 0.2) is 0 Å². The molecule has 0 radical (unpaired) electrons. The third-order valence-corrected chi connectivity index (χ3v) is 4.39. The lowest BCUT2D eigenvalue weighted by Gasteiger charge is -2.12. The lowest BCUT2D eigenvalue weighted by Crippen LogP contribution is -2.25. The van der Waals surface area contributed by atoms with Gasteiger partial charge in [-0.1, -0.05) is 36.4 Å². The van der Waals surface area contributed by atoms with Gasteiger partial charge in [-0.3, -0.25) is 4.79 Å². The molecular formula is C24H26N2O3. The normalized spacial score (nSPS) is 10.2. The van der Waals surface area contributed by atoms with E-state index >= 15 is 0 Å². The number of amides is 1. The Balaban J connectivity index is 1.46. The number of rotatable bonds is 10. The van der Waals surface area contributed by atoms with Crippen LogP contribution >= 0.6 is 0 Å². The van der Waals surface area contributed by atoms with Crippen molar-refractivity contribution in [1.29, 1.82) is 0 Å². The zero-order valence-electron chi connectivity index (χ0n) is 16.6. The Bertz CT molecular complexity index is 899. The van der Waals surface area contributed by atoms with Crippen LogP contribution in [0.5, 0.6) is 17.2 Å². The minimum Gasteiger partial charge on any atom is -0.496 e. The fourth-order valence-corrected chi connectivity index (χ4v) is 2.88. The number of carbonyl (C=O) groups excluding carboxylic acids is 1. The predicted molar refractivity (Wildman–Crippen MR) is 116 cm³/mol. The van der Waals surface area contributed by atoms with E-state index in [4.69, 9.17) is 9.47 Å². The van der Waals surface area contributed by atoms with Crippen LogP contribution in [0.15, 0.2) is 78.9 Å². The molecule has 0 heterocycles. The van der Waals surface area contributed by atoms with Gasteiger partial charge in [-0.15, -0.1) is 0 Å². The van der Waals surface area contributed by atoms with E-state index in [1.54, 1.807) is 25.3 Å². The number of hydrogen-bond donors (Lipinski definition) is 2. The minimum absolute atomic E-state index is 0.149. The highest BCUT2D eigenvalue weighted by atomic mass is 16.5. The largest absolute Gasteiger partial charge is 0.496 e. The van der Waals surface area contributed by atoms with Crippen LogP contribution in [0.3, 0.4) is 0 Å². The molecule has 3 rings (SSSR count). The number of ether oxygens (including phenoxy) is 2. The molecule has 0 aromatic heterocycles. The number of nitrogens with one attached hydrogen (secondary N) is 2. The topological polar surface area (TPSA) is 59.6 Å². The summed E-state index contributed by atoms with van der Waals surface area (Å²) in [6, 6.07) is 24.8. The first-order valence-electron chi connectivity index (χ1n) is 9.74. The number of para-hydroxylation sites is 2. The van der Waals surface area contributed by atoms with E-state index in [0.29, 0.717) is 23.6 Å². The molecule has 5 nitrogen and oxygen atoms in total. The van der Waals surface area contributed by atoms with Gasteiger partial charge in [0, 0.05) is 24.8 Å². The second-order valence-electron chi connectivity index (χ2n) is 6.53. The van der Waals surface area contributed by atoms with Crippen molar-refractivity contribution in [2.75, 3.05) is 25.5 Å². The molecule has 29 heavy (non-hydrogen) atoms. The number of benzene rings is 3. The van der Waals surface area contributed by atoms with Crippen LogP contribution in [0.25, 0.3) is 0 Å². The van der Waals surface area contributed by atoms with Crippen molar-refractivity contribution in [3.63, 3.8) is 0 Å². The molecule has 0 fully saturated rings. The monoisotopic (exact) mass is 390 g/mol. The summed E-state index contributed by atoms with van der Waals surface area (Å²) < 4.78 is 11.2. The molecule has 3 aromatic carbocycles. The van der Waals surface area contributed by atoms with E-state index in [1.165, 1.54) is 0 Å². The molecule has 0 spiro atoms. The summed E-state index contributed by atoms with van der Waals surface area (Å²) in [6.07, 6.45) is 1.86. The van der Waals surface area contributed by atoms with E-state index in [2.05, 4.69) is 10.6 Å². The van der Waals surface area contributed by atoms with Crippen LogP contribution < -0.4 is 20.1 Å². The first kappa shape index (κ1) is 20.3. The van der Waals surface area contributed by atoms with Crippen molar-refractivity contribution < 1.29 is 14.3 Å². The van der Waals surface area contributed by atoms with Crippen LogP contribution in [0, 0.1) is 0 Å². The SMILES string of the molecule is COc1cc(Oc2ccccc2)ccc1C(=O)NCCCCNc1ccccc1. The highest BCUT2D eigenvalue weighted by Gasteiger charge is 2.13. The Kier molecular flexibility index (Phi) is 7.52. The summed E-state index contributed by atoms with van der Waals surface area (Å²) in [5, 5.41) is 6.32. The molecule has 0 atom stereocenters. The number of methoxy groups -OCH3 is 1. The van der Waals surface area contributed by atoms with E-state index in [-0.39, 0.29) is 5.91 Å². The van der Waals surface area contributed by atoms with Gasteiger partial charge in [-0.2, -0.15) is 0 Å². The molecule has 150 valence electrons. The van der Waals surface area contributed by atoms with Crippen molar-refractivity contribution in [1.82, 2.24) is 5.32 Å². The molecule has 0 unspecified atom stereocenters. The van der Waals surface area contributed by atoms with Gasteiger partial charge < -0.3 is 20.1 Å². The van der Waals surface area contributed by atoms with E-state index in [9.17, 15) is 4.79 Å². The third-order valence-electron chi connectivity index (χ3n) is 4.39. The van der Waals surface area contributed by atoms with Crippen LogP contribution in [0.2, 0.25) is 0 Å². The van der Waals surface area contributed by atoms with Gasteiger partial charge in [0.1, 0.15) is 17.2 Å². The van der Waals surface area contributed by atoms with E-state index in [1.807, 2.05) is 60.7 Å². The van der Waals surface area contributed by atoms with E-state index in [0.717, 1.165) is 30.8 Å². The second-order valence-corrected chi connectivity index (χ2v) is 6.53. The lowest BCUT2D eigenvalue weighted by molar-refractivity contribution is 0.0950. The molecule has 3 aromatic rings. The average molecular weight is 390 g/mol. The Labute approximate surface area is 171 Å². The quantitative estimate of drug-likeness (QED) is 0.472. The maximum atomic E-state index is 12.5. The number of anilines is 1. The standard InChI is InChI=1S/C24H26N2O3/c1-28-23-18-21(29-20-12-6-3-7-13-20)14-15-22(23)24(27)26-17-9-8-16-25-19-10-4-2-5-11-19/h2-7,10-15,18,25H,8-9,16-17H2,1H3,(H,26,27). The first-order chi connectivity index (χ1) is 14.3. The van der Waals surface area contributed by atoms with E-state index < -0.39 is 0 Å². The maximum absolute atomic E-state index is 12.5. The average Bonchev–Trinajstić information content (AvgIpc) is 2.77. The van der Waals surface area contributed by atoms with Crippen molar-refractivity contribution in [3.8, 4) is 17.2 Å². The molecule has 0 saturated heterocycles. The molecule has 0 bridgehead atoms. The Morgan fingerprint density at radius 2 is 1.52 bits per heavy atom. The second kappa shape index (κ2) is 10.8. The predicted octanol–water partition coefficient (Wildman–Crippen LogP) is 5.11. The molecule has 5 heteroatoms. The molecular weight excluding hydrogens is 364 g/mol. The van der Waals surface area contributed by atoms with Gasteiger partial charge >= 0.3 is 0 Å². The highest BCUT2D eigenvalue weighted by Crippen LogP contribution is 2.28. The number of unbranched alkanes of at least 4 members (excludes halogenated alkanes) is 1. The molecule has 2 N–H and O–H groups in total. The summed E-state index contributed by atoms with van der Waals surface area (Å²) in [6.45, 7) is 1.48. The molecule has 0 aliphatic carbocycles. The summed E-state index contributed by atoms with van der Waals surface area (Å²) in [5.41, 5.74) is 1.61. The summed E-state index contributed by atoms with van der Waals surface area (Å²) in [7, 11) is 1.55. The number of hydrogen-bond acceptors (Lipinski definition) is 4. The maximum Gasteiger partial charge on any atom is 0.255 e. The molecule has 1 amide bonds. The zero-order valence-corrected chi connectivity index (χ0v) is 16.6.